The van der Waals surface area contributed by atoms with Gasteiger partial charge in [0, 0.05) is 10.9 Å². The largest absolute Gasteiger partial charge is 0.494 e. The van der Waals surface area contributed by atoms with Gasteiger partial charge in [-0.2, -0.15) is 0 Å². The quantitative estimate of drug-likeness (QED) is 0.528. The highest BCUT2D eigenvalue weighted by Gasteiger charge is 2.18. The average Bonchev–Trinajstić information content (AvgIpc) is 2.98. The van der Waals surface area contributed by atoms with Crippen molar-refractivity contribution in [2.45, 2.75) is 20.3 Å². The maximum Gasteiger partial charge on any atom is 0.296 e. The van der Waals surface area contributed by atoms with Crippen molar-refractivity contribution in [3.63, 3.8) is 0 Å². The summed E-state index contributed by atoms with van der Waals surface area (Å²) in [4.78, 5) is 23.1. The number of nitrogens with zero attached hydrogens (tertiary/aromatic N) is 1. The Kier molecular flexibility index (Phi) is 4.88. The van der Waals surface area contributed by atoms with Gasteiger partial charge < -0.3 is 14.5 Å². The minimum Gasteiger partial charge on any atom is -0.494 e. The number of ether oxygens (including phenoxy) is 1. The zero-order chi connectivity index (χ0) is 18.7. The van der Waals surface area contributed by atoms with Crippen molar-refractivity contribution in [2.75, 3.05) is 11.9 Å². The van der Waals surface area contributed by atoms with Gasteiger partial charge in [-0.3, -0.25) is 14.9 Å². The molecule has 2 aromatic carbocycles. The van der Waals surface area contributed by atoms with E-state index < -0.39 is 4.92 Å². The third-order valence-corrected chi connectivity index (χ3v) is 3.91. The molecule has 1 heterocycles. The van der Waals surface area contributed by atoms with E-state index in [2.05, 4.69) is 5.32 Å². The highest BCUT2D eigenvalue weighted by molar-refractivity contribution is 5.97. The Labute approximate surface area is 149 Å². The standard InChI is InChI=1S/C19H18N2O5/c1-3-25-14-5-7-16(17(10-14)21(23)24)20-19(22)9-13-11-26-18-8-12(2)4-6-15(13)18/h4-8,10-11H,3,9H2,1-2H3,(H,20,22). The fourth-order valence-electron chi connectivity index (χ4n) is 2.72. The van der Waals surface area contributed by atoms with Crippen LogP contribution in [0.4, 0.5) is 11.4 Å². The normalized spacial score (nSPS) is 10.7. The number of nitrogens with one attached hydrogen (secondary N) is 1. The first-order chi connectivity index (χ1) is 12.5. The zero-order valence-electron chi connectivity index (χ0n) is 14.4. The van der Waals surface area contributed by atoms with Gasteiger partial charge in [-0.1, -0.05) is 12.1 Å². The Morgan fingerprint density at radius 1 is 1.27 bits per heavy atom. The molecular weight excluding hydrogens is 336 g/mol. The van der Waals surface area contributed by atoms with E-state index in [0.717, 1.165) is 16.5 Å². The molecule has 1 amide bonds. The molecule has 0 saturated heterocycles. The number of nitro benzene ring substituents is 1. The van der Waals surface area contributed by atoms with Crippen molar-refractivity contribution in [3.05, 3.63) is 63.9 Å². The van der Waals surface area contributed by atoms with E-state index in [0.29, 0.717) is 17.9 Å². The first kappa shape index (κ1) is 17.5. The molecule has 0 radical (unpaired) electrons. The Bertz CT molecular complexity index is 977. The van der Waals surface area contributed by atoms with Crippen LogP contribution in [-0.2, 0) is 11.2 Å². The van der Waals surface area contributed by atoms with E-state index in [-0.39, 0.29) is 23.7 Å². The highest BCUT2D eigenvalue weighted by atomic mass is 16.6. The molecule has 0 fully saturated rings. The smallest absolute Gasteiger partial charge is 0.296 e. The van der Waals surface area contributed by atoms with Crippen LogP contribution in [0.1, 0.15) is 18.1 Å². The molecule has 3 rings (SSSR count). The van der Waals surface area contributed by atoms with Crippen LogP contribution in [-0.4, -0.2) is 17.4 Å². The third-order valence-electron chi connectivity index (χ3n) is 3.91. The van der Waals surface area contributed by atoms with Gasteiger partial charge in [0.05, 0.1) is 30.3 Å². The van der Waals surface area contributed by atoms with Crippen LogP contribution in [0.2, 0.25) is 0 Å². The van der Waals surface area contributed by atoms with Gasteiger partial charge in [-0.05, 0) is 37.6 Å². The Morgan fingerprint density at radius 2 is 2.08 bits per heavy atom. The number of hydrogen-bond acceptors (Lipinski definition) is 5. The Hall–Kier alpha value is -3.35. The number of fused-ring (bicyclic) bond motifs is 1. The molecule has 26 heavy (non-hydrogen) atoms. The number of carbonyl (C=O) groups excluding carboxylic acids is 1. The van der Waals surface area contributed by atoms with Crippen molar-refractivity contribution < 1.29 is 18.9 Å². The van der Waals surface area contributed by atoms with Gasteiger partial charge in [-0.15, -0.1) is 0 Å². The van der Waals surface area contributed by atoms with E-state index >= 15 is 0 Å². The minimum atomic E-state index is -0.547. The third kappa shape index (κ3) is 3.66. The SMILES string of the molecule is CCOc1ccc(NC(=O)Cc2coc3cc(C)ccc23)c([N+](=O)[O-])c1. The van der Waals surface area contributed by atoms with Crippen LogP contribution < -0.4 is 10.1 Å². The maximum atomic E-state index is 12.4. The van der Waals surface area contributed by atoms with Gasteiger partial charge in [0.1, 0.15) is 17.0 Å². The summed E-state index contributed by atoms with van der Waals surface area (Å²) in [6.07, 6.45) is 1.59. The summed E-state index contributed by atoms with van der Waals surface area (Å²) >= 11 is 0. The van der Waals surface area contributed by atoms with Crippen molar-refractivity contribution in [1.29, 1.82) is 0 Å². The molecule has 0 unspecified atom stereocenters. The molecule has 0 aliphatic carbocycles. The molecule has 0 spiro atoms. The van der Waals surface area contributed by atoms with Gasteiger partial charge in [0.25, 0.3) is 5.69 Å². The number of furan rings is 1. The summed E-state index contributed by atoms with van der Waals surface area (Å²) in [7, 11) is 0. The molecule has 0 saturated carbocycles. The predicted molar refractivity (Wildman–Crippen MR) is 97.6 cm³/mol. The van der Waals surface area contributed by atoms with E-state index in [1.54, 1.807) is 13.0 Å². The number of nitro groups is 1. The molecule has 0 atom stereocenters. The molecule has 7 nitrogen and oxygen atoms in total. The second-order valence-electron chi connectivity index (χ2n) is 5.85. The summed E-state index contributed by atoms with van der Waals surface area (Å²) < 4.78 is 10.8. The predicted octanol–water partition coefficient (Wildman–Crippen LogP) is 4.23. The number of carbonyl (C=O) groups is 1. The van der Waals surface area contributed by atoms with Crippen LogP contribution in [0, 0.1) is 17.0 Å². The van der Waals surface area contributed by atoms with E-state index in [9.17, 15) is 14.9 Å². The lowest BCUT2D eigenvalue weighted by Crippen LogP contribution is -2.15. The highest BCUT2D eigenvalue weighted by Crippen LogP contribution is 2.30. The lowest BCUT2D eigenvalue weighted by atomic mass is 10.1. The van der Waals surface area contributed by atoms with E-state index in [1.807, 2.05) is 25.1 Å². The molecule has 0 aliphatic rings. The summed E-state index contributed by atoms with van der Waals surface area (Å²) in [5.41, 5.74) is 2.42. The van der Waals surface area contributed by atoms with Crippen LogP contribution in [0.25, 0.3) is 11.0 Å². The average molecular weight is 354 g/mol. The van der Waals surface area contributed by atoms with Gasteiger partial charge >= 0.3 is 0 Å². The minimum absolute atomic E-state index is 0.0560. The summed E-state index contributed by atoms with van der Waals surface area (Å²) in [6, 6.07) is 10.1. The Balaban J connectivity index is 1.80. The van der Waals surface area contributed by atoms with Gasteiger partial charge in [-0.25, -0.2) is 0 Å². The number of aryl methyl sites for hydroxylation is 1. The number of amides is 1. The van der Waals surface area contributed by atoms with Crippen molar-refractivity contribution >= 4 is 28.3 Å². The topological polar surface area (TPSA) is 94.6 Å². The number of benzene rings is 2. The molecule has 0 bridgehead atoms. The van der Waals surface area contributed by atoms with Gasteiger partial charge in [0.15, 0.2) is 0 Å². The number of hydrogen-bond donors (Lipinski definition) is 1. The van der Waals surface area contributed by atoms with E-state index in [1.165, 1.54) is 18.4 Å². The zero-order valence-corrected chi connectivity index (χ0v) is 14.4. The molecule has 1 aromatic heterocycles. The van der Waals surface area contributed by atoms with Crippen molar-refractivity contribution in [3.8, 4) is 5.75 Å². The summed E-state index contributed by atoms with van der Waals surface area (Å²) in [6.45, 7) is 4.15. The second-order valence-corrected chi connectivity index (χ2v) is 5.85. The summed E-state index contributed by atoms with van der Waals surface area (Å²) in [5.74, 6) is 0.0222. The summed E-state index contributed by atoms with van der Waals surface area (Å²) in [5, 5.41) is 14.7. The number of anilines is 1. The molecule has 1 N–H and O–H groups in total. The van der Waals surface area contributed by atoms with Crippen LogP contribution in [0.5, 0.6) is 5.75 Å². The second kappa shape index (κ2) is 7.26. The first-order valence-electron chi connectivity index (χ1n) is 8.15. The van der Waals surface area contributed by atoms with Gasteiger partial charge in [0.2, 0.25) is 5.91 Å². The molecule has 3 aromatic rings. The monoisotopic (exact) mass is 354 g/mol. The Morgan fingerprint density at radius 3 is 2.81 bits per heavy atom. The molecule has 134 valence electrons. The van der Waals surface area contributed by atoms with Crippen LogP contribution in [0.3, 0.4) is 0 Å². The van der Waals surface area contributed by atoms with Crippen molar-refractivity contribution in [1.82, 2.24) is 0 Å². The van der Waals surface area contributed by atoms with E-state index in [4.69, 9.17) is 9.15 Å². The van der Waals surface area contributed by atoms with Crippen LogP contribution in [0.15, 0.2) is 47.1 Å². The molecule has 0 aliphatic heterocycles. The number of rotatable bonds is 6. The van der Waals surface area contributed by atoms with Crippen molar-refractivity contribution in [2.24, 2.45) is 0 Å². The lowest BCUT2D eigenvalue weighted by molar-refractivity contribution is -0.384. The first-order valence-corrected chi connectivity index (χ1v) is 8.15. The maximum absolute atomic E-state index is 12.4. The fourth-order valence-corrected chi connectivity index (χ4v) is 2.72. The lowest BCUT2D eigenvalue weighted by Gasteiger charge is -2.08. The molecule has 7 heteroatoms. The van der Waals surface area contributed by atoms with Crippen LogP contribution >= 0.6 is 0 Å². The molecular formula is C19H18N2O5. The fraction of sp³-hybridized carbons (Fsp3) is 0.211.